The second kappa shape index (κ2) is 31.2. The minimum atomic E-state index is 0.342. The first-order valence-electron chi connectivity index (χ1n) is 38.4. The molecule has 2 aliphatic rings. The molecule has 16 nitrogen and oxygen atoms in total. The standard InChI is InChI=1S/C88H94N8O8/c1-9-17-41-97-73-57-37-29-31-39-59(57)75(99-43-19-11-3)67-65(73)81-89-82-66-68(76(100-44-20-12-4)60-40-32-30-38-58(60)74(66)98-42-18-10-2)84(91-82)93-86-70-72(80(104-48-24-16-8)64-52-56-36-28-26-34-54(56)50-62(64)78(70)102-46-22-14-6)88(95-86)96-87-71-69(85(94-87)92-83(67)90-81)77(101-45-21-13-5)61-49-53-33-25-27-35-55(53)51-63(61)79(71)103-47-23-15-7/h25-40,49-52H,9-24,41-48H2,1-8H3,(H2,89,90,91,92,93,94,95,96). The maximum atomic E-state index is 7.34. The van der Waals surface area contributed by atoms with Gasteiger partial charge in [-0.1, -0.05) is 204 Å². The Labute approximate surface area is 607 Å². The van der Waals surface area contributed by atoms with Crippen LogP contribution in [0.1, 0.15) is 158 Å². The molecule has 0 saturated carbocycles. The quantitative estimate of drug-likeness (QED) is 0.0300. The molecule has 0 saturated heterocycles. The number of aromatic amines is 2. The average Bonchev–Trinajstić information content (AvgIpc) is 1.53. The first kappa shape index (κ1) is 69.2. The number of hydrogen-bond donors (Lipinski definition) is 2. The molecule has 3 aromatic heterocycles. The van der Waals surface area contributed by atoms with E-state index in [2.05, 4.69) is 187 Å². The largest absolute Gasteiger partial charge is 0.492 e. The van der Waals surface area contributed by atoms with Crippen LogP contribution in [0.3, 0.4) is 0 Å². The van der Waals surface area contributed by atoms with Gasteiger partial charge in [0.2, 0.25) is 0 Å². The van der Waals surface area contributed by atoms with Crippen molar-refractivity contribution in [3.05, 3.63) is 121 Å². The minimum Gasteiger partial charge on any atom is -0.492 e. The first-order chi connectivity index (χ1) is 51.3. The number of rotatable bonds is 32. The molecule has 5 heterocycles. The van der Waals surface area contributed by atoms with Crippen molar-refractivity contribution < 1.29 is 37.9 Å². The van der Waals surface area contributed by atoms with E-state index in [0.717, 1.165) is 167 Å². The van der Waals surface area contributed by atoms with Gasteiger partial charge in [-0.05, 0) is 97.2 Å². The monoisotopic (exact) mass is 1390 g/mol. The predicted molar refractivity (Wildman–Crippen MR) is 424 cm³/mol. The fourth-order valence-electron chi connectivity index (χ4n) is 14.5. The van der Waals surface area contributed by atoms with Crippen molar-refractivity contribution >= 4 is 109 Å². The molecule has 8 bridgehead atoms. The molecule has 0 atom stereocenters. The van der Waals surface area contributed by atoms with Crippen LogP contribution in [-0.2, 0) is 0 Å². The van der Waals surface area contributed by atoms with Gasteiger partial charge in [0.1, 0.15) is 68.6 Å². The molecule has 0 aliphatic carbocycles. The van der Waals surface area contributed by atoms with Crippen molar-refractivity contribution in [1.82, 2.24) is 39.9 Å². The van der Waals surface area contributed by atoms with E-state index in [-0.39, 0.29) is 0 Å². The molecule has 534 valence electrons. The number of benzene rings is 10. The molecule has 13 aromatic rings. The first-order valence-corrected chi connectivity index (χ1v) is 38.4. The van der Waals surface area contributed by atoms with Crippen molar-refractivity contribution in [2.24, 2.45) is 0 Å². The summed E-state index contributed by atoms with van der Waals surface area (Å²) in [4.78, 5) is 43.2. The van der Waals surface area contributed by atoms with E-state index in [0.29, 0.717) is 189 Å². The molecule has 2 aliphatic heterocycles. The van der Waals surface area contributed by atoms with Gasteiger partial charge in [0.15, 0.2) is 23.3 Å². The van der Waals surface area contributed by atoms with E-state index in [1.807, 2.05) is 0 Å². The second-order valence-electron chi connectivity index (χ2n) is 27.4. The number of unbranched alkanes of at least 4 members (excludes halogenated alkanes) is 8. The van der Waals surface area contributed by atoms with Crippen molar-refractivity contribution in [2.45, 2.75) is 158 Å². The third kappa shape index (κ3) is 12.9. The summed E-state index contributed by atoms with van der Waals surface area (Å²) in [7, 11) is 0. The Morgan fingerprint density at radius 2 is 0.423 bits per heavy atom. The summed E-state index contributed by atoms with van der Waals surface area (Å²) in [6.07, 6.45) is 13.8. The van der Waals surface area contributed by atoms with Gasteiger partial charge >= 0.3 is 0 Å². The molecule has 10 aromatic carbocycles. The van der Waals surface area contributed by atoms with Crippen LogP contribution < -0.4 is 37.9 Å². The number of H-pyrrole nitrogens is 2. The maximum Gasteiger partial charge on any atom is 0.168 e. The molecule has 0 amide bonds. The van der Waals surface area contributed by atoms with Crippen LogP contribution in [0, 0.1) is 0 Å². The molecule has 104 heavy (non-hydrogen) atoms. The highest BCUT2D eigenvalue weighted by Gasteiger charge is 2.36. The smallest absolute Gasteiger partial charge is 0.168 e. The summed E-state index contributed by atoms with van der Waals surface area (Å²) in [6.45, 7) is 20.9. The summed E-state index contributed by atoms with van der Waals surface area (Å²) in [5.74, 6) is 6.41. The SMILES string of the molecule is CCCCOc1c2c(c(OCCCC)c3ccccc13)-c1nc-2nc2[nH]c(nc3nc(nc4[nH]c(n1)c1c(OCCCC)c5cc6ccccc6cc5c(OCCCC)c41)-c1c-3c(OCCCC)c3cc4ccccc4cc3c1OCCCC)c1c(OCCCC)c3ccccc3c(OCCCC)c21. The van der Waals surface area contributed by atoms with E-state index in [4.69, 9.17) is 67.8 Å². The summed E-state index contributed by atoms with van der Waals surface area (Å²) in [5.41, 5.74) is 4.28. The number of nitrogens with one attached hydrogen (secondary N) is 2. The van der Waals surface area contributed by atoms with Gasteiger partial charge in [0, 0.05) is 43.1 Å². The van der Waals surface area contributed by atoms with Gasteiger partial charge in [-0.15, -0.1) is 0 Å². The molecule has 15 rings (SSSR count). The zero-order chi connectivity index (χ0) is 71.2. The summed E-state index contributed by atoms with van der Waals surface area (Å²) in [6, 6.07) is 42.5. The van der Waals surface area contributed by atoms with Crippen molar-refractivity contribution in [1.29, 1.82) is 0 Å². The van der Waals surface area contributed by atoms with Crippen molar-refractivity contribution in [2.75, 3.05) is 52.9 Å². The van der Waals surface area contributed by atoms with E-state index >= 15 is 0 Å². The Morgan fingerprint density at radius 1 is 0.231 bits per heavy atom. The van der Waals surface area contributed by atoms with Crippen LogP contribution in [-0.4, -0.2) is 92.7 Å². The van der Waals surface area contributed by atoms with Gasteiger partial charge in [-0.2, -0.15) is 0 Å². The third-order valence-corrected chi connectivity index (χ3v) is 20.0. The minimum absolute atomic E-state index is 0.342. The Kier molecular flexibility index (Phi) is 20.8. The Balaban J connectivity index is 1.23. The fourth-order valence-corrected chi connectivity index (χ4v) is 14.5. The molecule has 0 spiro atoms. The lowest BCUT2D eigenvalue weighted by atomic mass is 9.95. The Morgan fingerprint density at radius 3 is 0.663 bits per heavy atom. The summed E-state index contributed by atoms with van der Waals surface area (Å²) < 4.78 is 58.2. The van der Waals surface area contributed by atoms with Gasteiger partial charge in [-0.3, -0.25) is 0 Å². The third-order valence-electron chi connectivity index (χ3n) is 20.0. The van der Waals surface area contributed by atoms with E-state index < -0.39 is 0 Å². The second-order valence-corrected chi connectivity index (χ2v) is 27.4. The van der Waals surface area contributed by atoms with Crippen LogP contribution >= 0.6 is 0 Å². The number of hydrogen-bond acceptors (Lipinski definition) is 14. The summed E-state index contributed by atoms with van der Waals surface area (Å²) >= 11 is 0. The lowest BCUT2D eigenvalue weighted by molar-refractivity contribution is 0.308. The van der Waals surface area contributed by atoms with Crippen LogP contribution in [0.5, 0.6) is 46.0 Å². The normalized spacial score (nSPS) is 12.0. The van der Waals surface area contributed by atoms with Crippen LogP contribution in [0.25, 0.3) is 154 Å². The zero-order valence-electron chi connectivity index (χ0n) is 61.5. The molecule has 0 fully saturated rings. The van der Waals surface area contributed by atoms with Crippen molar-refractivity contribution in [3.8, 4) is 91.5 Å². The molecular weight excluding hydrogens is 1300 g/mol. The lowest BCUT2D eigenvalue weighted by Crippen LogP contribution is -2.04. The van der Waals surface area contributed by atoms with E-state index in [1.165, 1.54) is 0 Å². The molecule has 2 N–H and O–H groups in total. The highest BCUT2D eigenvalue weighted by Crippen LogP contribution is 2.57. The van der Waals surface area contributed by atoms with Gasteiger partial charge < -0.3 is 47.9 Å². The van der Waals surface area contributed by atoms with Gasteiger partial charge in [0.05, 0.1) is 96.7 Å². The average molecular weight is 1390 g/mol. The molecule has 0 unspecified atom stereocenters. The van der Waals surface area contributed by atoms with Crippen molar-refractivity contribution in [3.63, 3.8) is 0 Å². The summed E-state index contributed by atoms with van der Waals surface area (Å²) in [5, 5.41) is 13.8. The van der Waals surface area contributed by atoms with Crippen LogP contribution in [0.15, 0.2) is 121 Å². The topological polar surface area (TPSA) is 183 Å². The Hall–Kier alpha value is -10.5. The van der Waals surface area contributed by atoms with Crippen LogP contribution in [0.2, 0.25) is 0 Å². The molecule has 16 heteroatoms. The van der Waals surface area contributed by atoms with Gasteiger partial charge in [0.25, 0.3) is 0 Å². The highest BCUT2D eigenvalue weighted by atomic mass is 16.5. The lowest BCUT2D eigenvalue weighted by Gasteiger charge is -2.19. The number of fused-ring (bicyclic) bond motifs is 26. The Bertz CT molecular complexity index is 5570. The molecule has 0 radical (unpaired) electrons. The number of aromatic nitrogens is 8. The van der Waals surface area contributed by atoms with Gasteiger partial charge in [-0.25, -0.2) is 29.9 Å². The fraction of sp³-hybridized carbons (Fsp3) is 0.364. The highest BCUT2D eigenvalue weighted by molar-refractivity contribution is 6.24. The number of ether oxygens (including phenoxy) is 8. The van der Waals surface area contributed by atoms with Crippen LogP contribution in [0.4, 0.5) is 0 Å². The number of nitrogens with zero attached hydrogens (tertiary/aromatic N) is 6. The predicted octanol–water partition coefficient (Wildman–Crippen LogP) is 23.2. The van der Waals surface area contributed by atoms with E-state index in [9.17, 15) is 0 Å². The maximum absolute atomic E-state index is 7.34. The van der Waals surface area contributed by atoms with E-state index in [1.54, 1.807) is 0 Å². The zero-order valence-corrected chi connectivity index (χ0v) is 61.5. The molecular formula is C88H94N8O8.